The highest BCUT2D eigenvalue weighted by molar-refractivity contribution is 5.71. The van der Waals surface area contributed by atoms with Crippen LogP contribution in [0.15, 0.2) is 0 Å². The predicted molar refractivity (Wildman–Crippen MR) is 252 cm³/mol. The van der Waals surface area contributed by atoms with Crippen LogP contribution in [0.25, 0.3) is 0 Å². The average molecular weight is 835 g/mol. The van der Waals surface area contributed by atoms with Gasteiger partial charge in [-0.3, -0.25) is 14.4 Å². The first-order valence-corrected chi connectivity index (χ1v) is 26.3. The number of ether oxygens (including phenoxy) is 3. The lowest BCUT2D eigenvalue weighted by Gasteiger charge is -2.18. The average Bonchev–Trinajstić information content (AvgIpc) is 3.22. The molecule has 59 heavy (non-hydrogen) atoms. The van der Waals surface area contributed by atoms with E-state index >= 15 is 0 Å². The number of unbranched alkanes of at least 4 members (excludes halogenated alkanes) is 31. The van der Waals surface area contributed by atoms with Crippen molar-refractivity contribution in [2.24, 2.45) is 11.8 Å². The molecule has 1 unspecified atom stereocenters. The smallest absolute Gasteiger partial charge is 0.306 e. The maximum atomic E-state index is 12.8. The number of rotatable bonds is 47. The number of hydrogen-bond acceptors (Lipinski definition) is 6. The quantitative estimate of drug-likeness (QED) is 0.0345. The predicted octanol–water partition coefficient (Wildman–Crippen LogP) is 16.9. The fourth-order valence-corrected chi connectivity index (χ4v) is 7.96. The molecule has 350 valence electrons. The molecule has 0 bridgehead atoms. The van der Waals surface area contributed by atoms with Crippen molar-refractivity contribution in [1.29, 1.82) is 0 Å². The summed E-state index contributed by atoms with van der Waals surface area (Å²) < 4.78 is 16.8. The summed E-state index contributed by atoms with van der Waals surface area (Å²) in [6.07, 6.45) is 46.5. The third kappa shape index (κ3) is 45.8. The van der Waals surface area contributed by atoms with Gasteiger partial charge in [-0.2, -0.15) is 0 Å². The van der Waals surface area contributed by atoms with Gasteiger partial charge in [0.05, 0.1) is 0 Å². The highest BCUT2D eigenvalue weighted by Gasteiger charge is 2.19. The van der Waals surface area contributed by atoms with Crippen LogP contribution in [-0.4, -0.2) is 37.2 Å². The van der Waals surface area contributed by atoms with E-state index in [1.807, 2.05) is 0 Å². The van der Waals surface area contributed by atoms with Gasteiger partial charge in [0.15, 0.2) is 6.10 Å². The molecule has 6 heteroatoms. The molecule has 0 aromatic carbocycles. The summed E-state index contributed by atoms with van der Waals surface area (Å²) in [4.78, 5) is 38.0. The van der Waals surface area contributed by atoms with Crippen LogP contribution < -0.4 is 0 Å². The van der Waals surface area contributed by atoms with Gasteiger partial charge in [0, 0.05) is 19.3 Å². The monoisotopic (exact) mass is 835 g/mol. The van der Waals surface area contributed by atoms with Crippen molar-refractivity contribution < 1.29 is 28.6 Å². The Bertz CT molecular complexity index is 902. The maximum Gasteiger partial charge on any atom is 0.306 e. The van der Waals surface area contributed by atoms with Gasteiger partial charge in [-0.25, -0.2) is 0 Å². The van der Waals surface area contributed by atoms with Crippen LogP contribution >= 0.6 is 0 Å². The lowest BCUT2D eigenvalue weighted by molar-refractivity contribution is -0.167. The minimum absolute atomic E-state index is 0.0636. The van der Waals surface area contributed by atoms with Crippen molar-refractivity contribution in [1.82, 2.24) is 0 Å². The molecule has 0 amide bonds. The van der Waals surface area contributed by atoms with Crippen LogP contribution in [0.3, 0.4) is 0 Å². The van der Waals surface area contributed by atoms with E-state index in [4.69, 9.17) is 14.2 Å². The Kier molecular flexibility index (Phi) is 44.7. The number of carbonyl (C=O) groups excluding carboxylic acids is 3. The summed E-state index contributed by atoms with van der Waals surface area (Å²) in [6.45, 7) is 11.4. The van der Waals surface area contributed by atoms with Gasteiger partial charge in [0.2, 0.25) is 0 Å². The Balaban J connectivity index is 4.31. The molecule has 0 radical (unpaired) electrons. The van der Waals surface area contributed by atoms with Gasteiger partial charge >= 0.3 is 17.9 Å². The molecular formula is C53H102O6. The van der Waals surface area contributed by atoms with Crippen molar-refractivity contribution in [2.45, 2.75) is 298 Å². The van der Waals surface area contributed by atoms with Crippen molar-refractivity contribution in [3.05, 3.63) is 0 Å². The zero-order chi connectivity index (χ0) is 43.3. The van der Waals surface area contributed by atoms with E-state index in [0.29, 0.717) is 19.3 Å². The molecule has 0 spiro atoms. The van der Waals surface area contributed by atoms with Crippen LogP contribution in [0, 0.1) is 11.8 Å². The Morgan fingerprint density at radius 2 is 0.644 bits per heavy atom. The largest absolute Gasteiger partial charge is 0.462 e. The summed E-state index contributed by atoms with van der Waals surface area (Å²) >= 11 is 0. The lowest BCUT2D eigenvalue weighted by atomic mass is 9.99. The molecule has 0 aliphatic carbocycles. The van der Waals surface area contributed by atoms with E-state index in [9.17, 15) is 14.4 Å². The third-order valence-corrected chi connectivity index (χ3v) is 12.3. The zero-order valence-corrected chi connectivity index (χ0v) is 40.4. The Morgan fingerprint density at radius 1 is 0.356 bits per heavy atom. The molecule has 0 aliphatic rings. The van der Waals surface area contributed by atoms with Crippen LogP contribution in [-0.2, 0) is 28.6 Å². The first-order chi connectivity index (χ1) is 28.8. The molecule has 0 saturated carbocycles. The van der Waals surface area contributed by atoms with E-state index in [0.717, 1.165) is 69.6 Å². The van der Waals surface area contributed by atoms with E-state index in [1.54, 1.807) is 0 Å². The van der Waals surface area contributed by atoms with E-state index in [2.05, 4.69) is 34.6 Å². The molecular weight excluding hydrogens is 733 g/mol. The van der Waals surface area contributed by atoms with Gasteiger partial charge in [0.1, 0.15) is 13.2 Å². The van der Waals surface area contributed by atoms with E-state index in [1.165, 1.54) is 180 Å². The maximum absolute atomic E-state index is 12.8. The van der Waals surface area contributed by atoms with Crippen molar-refractivity contribution in [3.8, 4) is 0 Å². The Labute approximate surface area is 368 Å². The van der Waals surface area contributed by atoms with Crippen molar-refractivity contribution in [2.75, 3.05) is 13.2 Å². The van der Waals surface area contributed by atoms with E-state index in [-0.39, 0.29) is 31.1 Å². The van der Waals surface area contributed by atoms with Crippen LogP contribution in [0.1, 0.15) is 291 Å². The number of carbonyl (C=O) groups is 3. The van der Waals surface area contributed by atoms with Crippen LogP contribution in [0.5, 0.6) is 0 Å². The molecule has 2 atom stereocenters. The minimum Gasteiger partial charge on any atom is -0.462 e. The minimum atomic E-state index is -0.761. The van der Waals surface area contributed by atoms with Gasteiger partial charge < -0.3 is 14.2 Å². The second-order valence-corrected chi connectivity index (χ2v) is 18.9. The third-order valence-electron chi connectivity index (χ3n) is 12.3. The first kappa shape index (κ1) is 57.4. The Morgan fingerprint density at radius 3 is 0.966 bits per heavy atom. The van der Waals surface area contributed by atoms with Gasteiger partial charge in [-0.05, 0) is 31.1 Å². The molecule has 0 heterocycles. The highest BCUT2D eigenvalue weighted by Crippen LogP contribution is 2.18. The van der Waals surface area contributed by atoms with Gasteiger partial charge in [-0.15, -0.1) is 0 Å². The second kappa shape index (κ2) is 45.9. The first-order valence-electron chi connectivity index (χ1n) is 26.3. The number of hydrogen-bond donors (Lipinski definition) is 0. The number of esters is 3. The molecule has 0 saturated heterocycles. The molecule has 0 aromatic heterocycles. The van der Waals surface area contributed by atoms with Crippen molar-refractivity contribution in [3.63, 3.8) is 0 Å². The summed E-state index contributed by atoms with van der Waals surface area (Å²) in [5.41, 5.74) is 0. The Hall–Kier alpha value is -1.59. The molecule has 6 nitrogen and oxygen atoms in total. The SMILES string of the molecule is CCCCCCCCCCCCCCC(=O)O[C@H](COC(=O)CCCCCCCCCCCCCCC(C)C)COC(=O)CCCCCCCCCCCCC(C)CC. The zero-order valence-electron chi connectivity index (χ0n) is 40.4. The summed E-state index contributed by atoms with van der Waals surface area (Å²) in [7, 11) is 0. The summed E-state index contributed by atoms with van der Waals surface area (Å²) in [5.74, 6) is 0.856. The highest BCUT2D eigenvalue weighted by atomic mass is 16.6. The fourth-order valence-electron chi connectivity index (χ4n) is 7.96. The lowest BCUT2D eigenvalue weighted by Crippen LogP contribution is -2.30. The molecule has 0 aliphatic heterocycles. The topological polar surface area (TPSA) is 78.9 Å². The molecule has 0 N–H and O–H groups in total. The van der Waals surface area contributed by atoms with Gasteiger partial charge in [-0.1, -0.05) is 253 Å². The molecule has 0 fully saturated rings. The second-order valence-electron chi connectivity index (χ2n) is 18.9. The summed E-state index contributed by atoms with van der Waals surface area (Å²) in [6, 6.07) is 0. The molecule has 0 rings (SSSR count). The van der Waals surface area contributed by atoms with Crippen LogP contribution in [0.2, 0.25) is 0 Å². The van der Waals surface area contributed by atoms with E-state index < -0.39 is 6.10 Å². The van der Waals surface area contributed by atoms with Crippen molar-refractivity contribution >= 4 is 17.9 Å². The van der Waals surface area contributed by atoms with Gasteiger partial charge in [0.25, 0.3) is 0 Å². The summed E-state index contributed by atoms with van der Waals surface area (Å²) in [5, 5.41) is 0. The van der Waals surface area contributed by atoms with Crippen LogP contribution in [0.4, 0.5) is 0 Å². The fraction of sp³-hybridized carbons (Fsp3) is 0.943. The normalized spacial score (nSPS) is 12.5. The molecule has 0 aromatic rings. The standard InChI is InChI=1S/C53H102O6/c1-6-8-9-10-11-12-13-17-25-30-35-40-45-53(56)59-50(47-58-52(55)44-39-34-29-24-20-19-22-27-32-37-42-49(5)7-2)46-57-51(54)43-38-33-28-23-18-15-14-16-21-26-31-36-41-48(3)4/h48-50H,6-47H2,1-5H3/t49?,50-/m1/s1.